The van der Waals surface area contributed by atoms with E-state index in [1.807, 2.05) is 44.2 Å². The Kier molecular flexibility index (Phi) is 6.90. The summed E-state index contributed by atoms with van der Waals surface area (Å²) < 4.78 is 11.2. The van der Waals surface area contributed by atoms with E-state index in [0.29, 0.717) is 50.5 Å². The second-order valence-corrected chi connectivity index (χ2v) is 7.17. The molecule has 2 atom stereocenters. The Bertz CT molecular complexity index is 778. The van der Waals surface area contributed by atoms with Gasteiger partial charge in [0.2, 0.25) is 17.7 Å². The largest absolute Gasteiger partial charge is 0.490 e. The molecule has 7 heteroatoms. The molecule has 0 radical (unpaired) electrons. The van der Waals surface area contributed by atoms with Gasteiger partial charge in [-0.1, -0.05) is 18.2 Å². The number of nitrogens with one attached hydrogen (secondary N) is 1. The third-order valence-electron chi connectivity index (χ3n) is 5.24. The molecule has 0 bridgehead atoms. The summed E-state index contributed by atoms with van der Waals surface area (Å²) in [6, 6.07) is 5.71. The minimum atomic E-state index is -0.325. The van der Waals surface area contributed by atoms with Crippen molar-refractivity contribution in [2.45, 2.75) is 33.1 Å². The van der Waals surface area contributed by atoms with Crippen LogP contribution in [0.15, 0.2) is 30.4 Å². The summed E-state index contributed by atoms with van der Waals surface area (Å²) in [5.74, 6) is -0.0110. The van der Waals surface area contributed by atoms with Crippen LogP contribution < -0.4 is 14.8 Å². The number of hydrogen-bond donors (Lipinski definition) is 1. The van der Waals surface area contributed by atoms with E-state index in [2.05, 4.69) is 5.32 Å². The van der Waals surface area contributed by atoms with Crippen molar-refractivity contribution in [1.29, 1.82) is 0 Å². The fraction of sp³-hybridized carbons (Fsp3) is 0.500. The van der Waals surface area contributed by atoms with Gasteiger partial charge < -0.3 is 14.8 Å². The lowest BCUT2D eigenvalue weighted by Crippen LogP contribution is -2.41. The summed E-state index contributed by atoms with van der Waals surface area (Å²) in [6.45, 7) is 5.12. The molecule has 1 aromatic rings. The first kappa shape index (κ1) is 20.9. The zero-order valence-electron chi connectivity index (χ0n) is 17.0. The van der Waals surface area contributed by atoms with Crippen LogP contribution in [0.25, 0.3) is 0 Å². The van der Waals surface area contributed by atoms with Crippen LogP contribution in [0.3, 0.4) is 0 Å². The number of rotatable bonds is 9. The third kappa shape index (κ3) is 4.78. The van der Waals surface area contributed by atoms with Gasteiger partial charge in [-0.25, -0.2) is 0 Å². The molecule has 1 N–H and O–H groups in total. The van der Waals surface area contributed by atoms with Gasteiger partial charge in [-0.15, -0.1) is 0 Å². The SMILES string of the molecule is CCOc1ccc(CCNC(=O)CN2C(=O)C3CC=CCC3C2=O)cc1OCC. The maximum Gasteiger partial charge on any atom is 0.240 e. The minimum absolute atomic E-state index is 0.210. The normalized spacial score (nSPS) is 20.6. The molecule has 7 nitrogen and oxygen atoms in total. The topological polar surface area (TPSA) is 84.9 Å². The standard InChI is InChI=1S/C22H28N2O5/c1-3-28-18-10-9-15(13-19(18)29-4-2)11-12-23-20(25)14-24-21(26)16-7-5-6-8-17(16)22(24)27/h5-6,9-10,13,16-17H,3-4,7-8,11-12,14H2,1-2H3,(H,23,25). The van der Waals surface area contributed by atoms with Crippen molar-refractivity contribution in [2.75, 3.05) is 26.3 Å². The molecule has 29 heavy (non-hydrogen) atoms. The zero-order valence-corrected chi connectivity index (χ0v) is 17.0. The highest BCUT2D eigenvalue weighted by Crippen LogP contribution is 2.34. The average molecular weight is 400 g/mol. The number of likely N-dealkylation sites (tertiary alicyclic amines) is 1. The summed E-state index contributed by atoms with van der Waals surface area (Å²) >= 11 is 0. The Balaban J connectivity index is 1.51. The van der Waals surface area contributed by atoms with E-state index in [1.165, 1.54) is 0 Å². The van der Waals surface area contributed by atoms with Crippen LogP contribution in [0.4, 0.5) is 0 Å². The van der Waals surface area contributed by atoms with Crippen LogP contribution in [0.5, 0.6) is 11.5 Å². The maximum atomic E-state index is 12.4. The van der Waals surface area contributed by atoms with E-state index in [4.69, 9.17) is 9.47 Å². The Hall–Kier alpha value is -2.83. The Morgan fingerprint density at radius 2 is 1.66 bits per heavy atom. The second kappa shape index (κ2) is 9.58. The minimum Gasteiger partial charge on any atom is -0.490 e. The Morgan fingerprint density at radius 3 is 2.28 bits per heavy atom. The quantitative estimate of drug-likeness (QED) is 0.507. The van der Waals surface area contributed by atoms with Crippen molar-refractivity contribution in [3.05, 3.63) is 35.9 Å². The first-order chi connectivity index (χ1) is 14.0. The van der Waals surface area contributed by atoms with Crippen LogP contribution >= 0.6 is 0 Å². The molecule has 3 rings (SSSR count). The van der Waals surface area contributed by atoms with Gasteiger partial charge in [0, 0.05) is 6.54 Å². The first-order valence-electron chi connectivity index (χ1n) is 10.2. The van der Waals surface area contributed by atoms with Gasteiger partial charge in [0.15, 0.2) is 11.5 Å². The van der Waals surface area contributed by atoms with Crippen LogP contribution in [0.2, 0.25) is 0 Å². The smallest absolute Gasteiger partial charge is 0.240 e. The monoisotopic (exact) mass is 400 g/mol. The van der Waals surface area contributed by atoms with Gasteiger partial charge in [-0.3, -0.25) is 19.3 Å². The van der Waals surface area contributed by atoms with Gasteiger partial charge in [-0.05, 0) is 50.8 Å². The van der Waals surface area contributed by atoms with Gasteiger partial charge in [0.05, 0.1) is 25.0 Å². The lowest BCUT2D eigenvalue weighted by molar-refractivity contribution is -0.143. The predicted molar refractivity (Wildman–Crippen MR) is 108 cm³/mol. The van der Waals surface area contributed by atoms with Gasteiger partial charge in [0.1, 0.15) is 6.54 Å². The van der Waals surface area contributed by atoms with Crippen LogP contribution in [-0.4, -0.2) is 48.9 Å². The first-order valence-corrected chi connectivity index (χ1v) is 10.2. The van der Waals surface area contributed by atoms with Crippen LogP contribution in [-0.2, 0) is 20.8 Å². The number of amides is 3. The molecule has 1 aliphatic carbocycles. The van der Waals surface area contributed by atoms with Crippen molar-refractivity contribution in [3.63, 3.8) is 0 Å². The summed E-state index contributed by atoms with van der Waals surface area (Å²) in [5, 5.41) is 2.80. The van der Waals surface area contributed by atoms with Crippen molar-refractivity contribution in [1.82, 2.24) is 10.2 Å². The molecule has 0 aromatic heterocycles. The Labute approximate surface area is 171 Å². The highest BCUT2D eigenvalue weighted by atomic mass is 16.5. The summed E-state index contributed by atoms with van der Waals surface area (Å²) in [5.41, 5.74) is 1.00. The summed E-state index contributed by atoms with van der Waals surface area (Å²) in [4.78, 5) is 38.3. The molecule has 1 saturated heterocycles. The molecule has 1 aromatic carbocycles. The maximum absolute atomic E-state index is 12.4. The zero-order chi connectivity index (χ0) is 20.8. The van der Waals surface area contributed by atoms with Crippen LogP contribution in [0, 0.1) is 11.8 Å². The number of benzene rings is 1. The van der Waals surface area contributed by atoms with E-state index >= 15 is 0 Å². The lowest BCUT2D eigenvalue weighted by Gasteiger charge is -2.15. The number of hydrogen-bond acceptors (Lipinski definition) is 5. The number of imide groups is 1. The molecule has 156 valence electrons. The molecule has 1 heterocycles. The average Bonchev–Trinajstić information content (AvgIpc) is 2.95. The van der Waals surface area contributed by atoms with Crippen molar-refractivity contribution >= 4 is 17.7 Å². The lowest BCUT2D eigenvalue weighted by atomic mass is 9.85. The summed E-state index contributed by atoms with van der Waals surface area (Å²) in [6.07, 6.45) is 5.63. The molecular formula is C22H28N2O5. The molecule has 2 aliphatic rings. The summed E-state index contributed by atoms with van der Waals surface area (Å²) in [7, 11) is 0. The van der Waals surface area contributed by atoms with Gasteiger partial charge >= 0.3 is 0 Å². The number of allylic oxidation sites excluding steroid dienone is 2. The molecule has 1 aliphatic heterocycles. The fourth-order valence-electron chi connectivity index (χ4n) is 3.82. The molecular weight excluding hydrogens is 372 g/mol. The van der Waals surface area contributed by atoms with Gasteiger partial charge in [-0.2, -0.15) is 0 Å². The highest BCUT2D eigenvalue weighted by molar-refractivity contribution is 6.07. The second-order valence-electron chi connectivity index (χ2n) is 7.17. The third-order valence-corrected chi connectivity index (χ3v) is 5.24. The Morgan fingerprint density at radius 1 is 1.03 bits per heavy atom. The number of carbonyl (C=O) groups excluding carboxylic acids is 3. The van der Waals surface area contributed by atoms with Crippen molar-refractivity contribution < 1.29 is 23.9 Å². The number of ether oxygens (including phenoxy) is 2. The fourth-order valence-corrected chi connectivity index (χ4v) is 3.82. The molecule has 3 amide bonds. The highest BCUT2D eigenvalue weighted by Gasteiger charge is 2.47. The number of nitrogens with zero attached hydrogens (tertiary/aromatic N) is 1. The predicted octanol–water partition coefficient (Wildman–Crippen LogP) is 2.09. The van der Waals surface area contributed by atoms with Gasteiger partial charge in [0.25, 0.3) is 0 Å². The van der Waals surface area contributed by atoms with E-state index < -0.39 is 0 Å². The van der Waals surface area contributed by atoms with E-state index in [-0.39, 0.29) is 36.1 Å². The van der Waals surface area contributed by atoms with E-state index in [9.17, 15) is 14.4 Å². The van der Waals surface area contributed by atoms with Crippen molar-refractivity contribution in [3.8, 4) is 11.5 Å². The molecule has 0 spiro atoms. The molecule has 0 saturated carbocycles. The van der Waals surface area contributed by atoms with E-state index in [0.717, 1.165) is 10.5 Å². The molecule has 2 unspecified atom stereocenters. The van der Waals surface area contributed by atoms with Crippen molar-refractivity contribution in [2.24, 2.45) is 11.8 Å². The molecule has 1 fully saturated rings. The number of fused-ring (bicyclic) bond motifs is 1. The van der Waals surface area contributed by atoms with E-state index in [1.54, 1.807) is 0 Å². The van der Waals surface area contributed by atoms with Crippen LogP contribution in [0.1, 0.15) is 32.3 Å². The number of carbonyl (C=O) groups is 3.